The van der Waals surface area contributed by atoms with Gasteiger partial charge in [0.05, 0.1) is 26.1 Å². The van der Waals surface area contributed by atoms with E-state index in [2.05, 4.69) is 20.3 Å². The van der Waals surface area contributed by atoms with Crippen molar-refractivity contribution in [2.45, 2.75) is 31.4 Å². The second-order valence-electron chi connectivity index (χ2n) is 6.55. The molecular weight excluding hydrogens is 366 g/mol. The quantitative estimate of drug-likeness (QED) is 0.484. The summed E-state index contributed by atoms with van der Waals surface area (Å²) in [4.78, 5) is 12.9. The number of anilines is 1. The molecule has 28 heavy (non-hydrogen) atoms. The molecule has 0 radical (unpaired) electrons. The molecule has 10 heteroatoms. The minimum Gasteiger partial charge on any atom is -0.508 e. The number of fused-ring (bicyclic) bond motifs is 1. The highest BCUT2D eigenvalue weighted by Crippen LogP contribution is 2.31. The summed E-state index contributed by atoms with van der Waals surface area (Å²) in [6.45, 7) is 0.147. The van der Waals surface area contributed by atoms with Crippen molar-refractivity contribution in [1.82, 2.24) is 19.5 Å². The van der Waals surface area contributed by atoms with Gasteiger partial charge in [-0.3, -0.25) is 4.57 Å². The lowest BCUT2D eigenvalue weighted by Crippen LogP contribution is -2.24. The molecular formula is C18H21N5O5. The van der Waals surface area contributed by atoms with Crippen LogP contribution in [0.1, 0.15) is 18.2 Å². The third kappa shape index (κ3) is 3.44. The molecule has 3 heterocycles. The van der Waals surface area contributed by atoms with Gasteiger partial charge < -0.3 is 30.1 Å². The fraction of sp³-hybridized carbons (Fsp3) is 0.389. The van der Waals surface area contributed by atoms with Gasteiger partial charge in [0, 0.05) is 19.0 Å². The average Bonchev–Trinajstić information content (AvgIpc) is 3.29. The number of phenolic OH excluding ortho intramolecular Hbond substituents is 1. The molecule has 3 aromatic rings. The van der Waals surface area contributed by atoms with Gasteiger partial charge in [0.25, 0.3) is 0 Å². The highest BCUT2D eigenvalue weighted by molar-refractivity contribution is 5.82. The number of hydrogen-bond acceptors (Lipinski definition) is 9. The Morgan fingerprint density at radius 3 is 2.89 bits per heavy atom. The zero-order valence-electron chi connectivity index (χ0n) is 15.2. The standard InChI is InChI=1S/C18H21N5O5/c1-27-12-3-10(2-11(25)4-12)6-19-17-16-18(21-8-20-17)23(9-22-16)15-5-13(26)14(7-24)28-15/h2-4,8-9,13-15,24-26H,5-7H2,1H3,(H,19,20,21)/t13-,14+,15?/m0/s1. The Labute approximate surface area is 160 Å². The predicted molar refractivity (Wildman–Crippen MR) is 98.9 cm³/mol. The molecule has 1 aliphatic heterocycles. The minimum atomic E-state index is -0.743. The number of nitrogens with one attached hydrogen (secondary N) is 1. The summed E-state index contributed by atoms with van der Waals surface area (Å²) in [6.07, 6.45) is 1.51. The Hall–Kier alpha value is -2.95. The van der Waals surface area contributed by atoms with Gasteiger partial charge in [-0.2, -0.15) is 0 Å². The molecule has 4 rings (SSSR count). The van der Waals surface area contributed by atoms with Gasteiger partial charge in [-0.15, -0.1) is 0 Å². The maximum atomic E-state index is 9.97. The van der Waals surface area contributed by atoms with Crippen molar-refractivity contribution in [3.8, 4) is 11.5 Å². The van der Waals surface area contributed by atoms with Crippen molar-refractivity contribution in [2.24, 2.45) is 0 Å². The summed E-state index contributed by atoms with van der Waals surface area (Å²) in [5.41, 5.74) is 1.93. The number of aliphatic hydroxyl groups excluding tert-OH is 2. The summed E-state index contributed by atoms with van der Waals surface area (Å²) in [7, 11) is 1.54. The van der Waals surface area contributed by atoms with E-state index >= 15 is 0 Å². The lowest BCUT2D eigenvalue weighted by Gasteiger charge is -2.13. The third-order valence-corrected chi connectivity index (χ3v) is 4.70. The van der Waals surface area contributed by atoms with Crippen molar-refractivity contribution in [3.05, 3.63) is 36.4 Å². The smallest absolute Gasteiger partial charge is 0.167 e. The van der Waals surface area contributed by atoms with Crippen LogP contribution in [-0.2, 0) is 11.3 Å². The number of methoxy groups -OCH3 is 1. The Balaban J connectivity index is 1.56. The first-order valence-electron chi connectivity index (χ1n) is 8.81. The molecule has 0 spiro atoms. The maximum Gasteiger partial charge on any atom is 0.167 e. The fourth-order valence-electron chi connectivity index (χ4n) is 3.29. The number of nitrogens with zero attached hydrogens (tertiary/aromatic N) is 4. The van der Waals surface area contributed by atoms with Crippen molar-refractivity contribution >= 4 is 17.0 Å². The molecule has 0 amide bonds. The lowest BCUT2D eigenvalue weighted by molar-refractivity contribution is -0.0432. The zero-order valence-corrected chi connectivity index (χ0v) is 15.2. The fourth-order valence-corrected chi connectivity index (χ4v) is 3.29. The van der Waals surface area contributed by atoms with Crippen LogP contribution >= 0.6 is 0 Å². The largest absolute Gasteiger partial charge is 0.508 e. The van der Waals surface area contributed by atoms with E-state index in [1.807, 2.05) is 6.07 Å². The summed E-state index contributed by atoms with van der Waals surface area (Å²) in [5, 5.41) is 32.2. The normalized spacial score (nSPS) is 21.9. The van der Waals surface area contributed by atoms with Crippen LogP contribution in [-0.4, -0.2) is 60.8 Å². The van der Waals surface area contributed by atoms with Crippen LogP contribution in [0.2, 0.25) is 0 Å². The maximum absolute atomic E-state index is 9.97. The number of aromatic nitrogens is 4. The second kappa shape index (κ2) is 7.58. The second-order valence-corrected chi connectivity index (χ2v) is 6.55. The van der Waals surface area contributed by atoms with Crippen molar-refractivity contribution < 1.29 is 24.8 Å². The Kier molecular flexibility index (Phi) is 4.99. The van der Waals surface area contributed by atoms with Gasteiger partial charge in [-0.05, 0) is 17.7 Å². The van der Waals surface area contributed by atoms with E-state index in [1.165, 1.54) is 19.5 Å². The Bertz CT molecular complexity index is 978. The zero-order chi connectivity index (χ0) is 19.7. The van der Waals surface area contributed by atoms with Crippen LogP contribution in [0.25, 0.3) is 11.2 Å². The lowest BCUT2D eigenvalue weighted by atomic mass is 10.2. The SMILES string of the molecule is COc1cc(O)cc(CNc2ncnc3c2ncn3C2C[C@H](O)[C@@H](CO)O2)c1. The van der Waals surface area contributed by atoms with E-state index in [0.717, 1.165) is 5.56 Å². The summed E-state index contributed by atoms with van der Waals surface area (Å²) in [6, 6.07) is 4.98. The van der Waals surface area contributed by atoms with E-state index in [4.69, 9.17) is 9.47 Å². The molecule has 4 N–H and O–H groups in total. The molecule has 1 unspecified atom stereocenters. The van der Waals surface area contributed by atoms with Crippen molar-refractivity contribution in [3.63, 3.8) is 0 Å². The first-order valence-corrected chi connectivity index (χ1v) is 8.81. The van der Waals surface area contributed by atoms with E-state index in [1.54, 1.807) is 17.0 Å². The van der Waals surface area contributed by atoms with E-state index in [0.29, 0.717) is 35.7 Å². The van der Waals surface area contributed by atoms with Gasteiger partial charge in [0.1, 0.15) is 30.2 Å². The van der Waals surface area contributed by atoms with E-state index in [-0.39, 0.29) is 12.4 Å². The molecule has 0 saturated carbocycles. The highest BCUT2D eigenvalue weighted by Gasteiger charge is 2.35. The molecule has 10 nitrogen and oxygen atoms in total. The number of aromatic hydroxyl groups is 1. The first kappa shape index (κ1) is 18.4. The molecule has 148 valence electrons. The van der Waals surface area contributed by atoms with Gasteiger partial charge in [-0.1, -0.05) is 0 Å². The summed E-state index contributed by atoms with van der Waals surface area (Å²) in [5.74, 6) is 1.20. The molecule has 1 aromatic carbocycles. The number of aliphatic hydroxyl groups is 2. The minimum absolute atomic E-state index is 0.114. The monoisotopic (exact) mass is 387 g/mol. The molecule has 3 atom stereocenters. The number of rotatable bonds is 6. The molecule has 1 fully saturated rings. The predicted octanol–water partition coefficient (Wildman–Crippen LogP) is 0.793. The topological polar surface area (TPSA) is 135 Å². The molecule has 0 bridgehead atoms. The van der Waals surface area contributed by atoms with Crippen molar-refractivity contribution in [1.29, 1.82) is 0 Å². The van der Waals surface area contributed by atoms with E-state index in [9.17, 15) is 15.3 Å². The van der Waals surface area contributed by atoms with Gasteiger partial charge in [0.2, 0.25) is 0 Å². The van der Waals surface area contributed by atoms with Crippen LogP contribution < -0.4 is 10.1 Å². The highest BCUT2D eigenvalue weighted by atomic mass is 16.5. The van der Waals surface area contributed by atoms with Gasteiger partial charge in [0.15, 0.2) is 17.0 Å². The number of ether oxygens (including phenoxy) is 2. The summed E-state index contributed by atoms with van der Waals surface area (Å²) < 4.78 is 12.6. The number of imidazole rings is 1. The number of benzene rings is 1. The van der Waals surface area contributed by atoms with Crippen LogP contribution in [0.5, 0.6) is 11.5 Å². The number of hydrogen-bond donors (Lipinski definition) is 4. The molecule has 2 aromatic heterocycles. The van der Waals surface area contributed by atoms with Crippen LogP contribution in [0.3, 0.4) is 0 Å². The Morgan fingerprint density at radius 1 is 1.29 bits per heavy atom. The number of phenols is 1. The Morgan fingerprint density at radius 2 is 2.14 bits per heavy atom. The molecule has 1 saturated heterocycles. The van der Waals surface area contributed by atoms with Gasteiger partial charge in [-0.25, -0.2) is 15.0 Å². The van der Waals surface area contributed by atoms with Crippen LogP contribution in [0.15, 0.2) is 30.9 Å². The summed E-state index contributed by atoms with van der Waals surface area (Å²) >= 11 is 0. The van der Waals surface area contributed by atoms with Crippen molar-refractivity contribution in [2.75, 3.05) is 19.0 Å². The third-order valence-electron chi connectivity index (χ3n) is 4.70. The van der Waals surface area contributed by atoms with Crippen LogP contribution in [0.4, 0.5) is 5.82 Å². The van der Waals surface area contributed by atoms with Crippen LogP contribution in [0, 0.1) is 0 Å². The molecule has 0 aliphatic carbocycles. The molecule has 1 aliphatic rings. The average molecular weight is 387 g/mol. The first-order chi connectivity index (χ1) is 13.6. The van der Waals surface area contributed by atoms with Gasteiger partial charge >= 0.3 is 0 Å². The van der Waals surface area contributed by atoms with E-state index < -0.39 is 18.4 Å².